The summed E-state index contributed by atoms with van der Waals surface area (Å²) in [7, 11) is 0. The van der Waals surface area contributed by atoms with E-state index in [0.717, 1.165) is 0 Å². The van der Waals surface area contributed by atoms with E-state index in [2.05, 4.69) is 15.7 Å². The molecule has 2 N–H and O–H groups in total. The van der Waals surface area contributed by atoms with Gasteiger partial charge in [-0.1, -0.05) is 35.9 Å². The molecule has 3 unspecified atom stereocenters. The summed E-state index contributed by atoms with van der Waals surface area (Å²) < 4.78 is 14.1. The van der Waals surface area contributed by atoms with Crippen LogP contribution in [-0.2, 0) is 9.59 Å². The van der Waals surface area contributed by atoms with Crippen molar-refractivity contribution >= 4 is 34.9 Å². The van der Waals surface area contributed by atoms with Crippen molar-refractivity contribution in [2.24, 2.45) is 4.99 Å². The average Bonchev–Trinajstić information content (AvgIpc) is 3.42. The number of nitrogens with zero attached hydrogens (tertiary/aromatic N) is 2. The highest BCUT2D eigenvalue weighted by Gasteiger charge is 2.43. The lowest BCUT2D eigenvalue weighted by atomic mass is 10.1. The first kappa shape index (κ1) is 18.4. The van der Waals surface area contributed by atoms with Crippen molar-refractivity contribution in [3.05, 3.63) is 64.9 Å². The fourth-order valence-corrected chi connectivity index (χ4v) is 3.58. The Bertz CT molecular complexity index is 946. The van der Waals surface area contributed by atoms with E-state index in [4.69, 9.17) is 11.6 Å². The average molecular weight is 401 g/mol. The molecule has 0 aromatic heterocycles. The van der Waals surface area contributed by atoms with Gasteiger partial charge in [0.1, 0.15) is 11.9 Å². The highest BCUT2D eigenvalue weighted by atomic mass is 35.5. The molecule has 0 radical (unpaired) electrons. The molecule has 2 aliphatic rings. The van der Waals surface area contributed by atoms with Gasteiger partial charge in [-0.25, -0.2) is 14.4 Å². The third kappa shape index (κ3) is 3.45. The molecular formula is C20H18ClFN4O2. The van der Waals surface area contributed by atoms with Crippen LogP contribution in [0.5, 0.6) is 0 Å². The molecule has 2 aromatic carbocycles. The Balaban J connectivity index is 1.47. The summed E-state index contributed by atoms with van der Waals surface area (Å²) in [5.74, 6) is -1.21. The number of nitrogens with one attached hydrogen (secondary N) is 2. The van der Waals surface area contributed by atoms with E-state index in [1.807, 2.05) is 6.07 Å². The number of carbonyl (C=O) groups is 2. The van der Waals surface area contributed by atoms with Crippen LogP contribution in [0, 0.1) is 5.82 Å². The molecule has 28 heavy (non-hydrogen) atoms. The number of benzene rings is 2. The van der Waals surface area contributed by atoms with E-state index < -0.39 is 11.9 Å². The topological polar surface area (TPSA) is 73.8 Å². The van der Waals surface area contributed by atoms with E-state index in [9.17, 15) is 14.0 Å². The zero-order valence-corrected chi connectivity index (χ0v) is 15.8. The number of hydrazine groups is 1. The van der Waals surface area contributed by atoms with Gasteiger partial charge < -0.3 is 5.32 Å². The van der Waals surface area contributed by atoms with Gasteiger partial charge in [0.05, 0.1) is 5.69 Å². The summed E-state index contributed by atoms with van der Waals surface area (Å²) in [5.41, 5.74) is 3.81. The maximum atomic E-state index is 14.1. The second kappa shape index (κ2) is 7.24. The van der Waals surface area contributed by atoms with Gasteiger partial charge in [-0.3, -0.25) is 15.0 Å². The Morgan fingerprint density at radius 2 is 2.00 bits per heavy atom. The van der Waals surface area contributed by atoms with Crippen LogP contribution >= 0.6 is 11.6 Å². The number of rotatable bonds is 4. The molecular weight excluding hydrogens is 383 g/mol. The number of aliphatic imine (C=N–C) groups is 1. The lowest BCUT2D eigenvalue weighted by Gasteiger charge is -2.30. The molecule has 1 saturated carbocycles. The molecule has 2 aromatic rings. The molecule has 0 bridgehead atoms. The fourth-order valence-electron chi connectivity index (χ4n) is 3.28. The maximum absolute atomic E-state index is 14.1. The lowest BCUT2D eigenvalue weighted by Crippen LogP contribution is -2.58. The smallest absolute Gasteiger partial charge is 0.288 e. The summed E-state index contributed by atoms with van der Waals surface area (Å²) in [6.07, 6.45) is 0.594. The van der Waals surface area contributed by atoms with Gasteiger partial charge in [-0.15, -0.1) is 0 Å². The quantitative estimate of drug-likeness (QED) is 0.828. The maximum Gasteiger partial charge on any atom is 0.288 e. The predicted molar refractivity (Wildman–Crippen MR) is 105 cm³/mol. The van der Waals surface area contributed by atoms with Crippen LogP contribution in [0.2, 0.25) is 5.02 Å². The van der Waals surface area contributed by atoms with E-state index >= 15 is 0 Å². The van der Waals surface area contributed by atoms with Gasteiger partial charge in [-0.2, -0.15) is 0 Å². The summed E-state index contributed by atoms with van der Waals surface area (Å²) >= 11 is 6.10. The third-order valence-electron chi connectivity index (χ3n) is 4.83. The molecule has 6 nitrogen and oxygen atoms in total. The minimum atomic E-state index is -0.696. The Morgan fingerprint density at radius 1 is 1.25 bits per heavy atom. The minimum Gasteiger partial charge on any atom is -0.346 e. The van der Waals surface area contributed by atoms with Crippen LogP contribution in [-0.4, -0.2) is 29.7 Å². The van der Waals surface area contributed by atoms with Crippen molar-refractivity contribution in [2.45, 2.75) is 31.3 Å². The number of amides is 2. The first-order chi connectivity index (χ1) is 13.5. The van der Waals surface area contributed by atoms with E-state index in [1.54, 1.807) is 43.3 Å². The SMILES string of the molecule is CC1N=C(C(=O)NC2CC2c2c(F)cccc2Cl)NN(c2ccccc2)C1=O. The van der Waals surface area contributed by atoms with Gasteiger partial charge >= 0.3 is 0 Å². The zero-order chi connectivity index (χ0) is 19.8. The van der Waals surface area contributed by atoms with Crippen LogP contribution in [0.15, 0.2) is 53.5 Å². The Labute approximate surface area is 166 Å². The van der Waals surface area contributed by atoms with Crippen molar-refractivity contribution in [3.63, 3.8) is 0 Å². The standard InChI is InChI=1S/C20H18ClFN4O2/c1-11-20(28)26(12-6-3-2-4-7-12)25-18(23-11)19(27)24-16-10-13(16)17-14(21)8-5-9-15(17)22/h2-9,11,13,16H,10H2,1H3,(H,23,25)(H,24,27). The minimum absolute atomic E-state index is 0.0428. The molecule has 8 heteroatoms. The number of halogens is 2. The monoisotopic (exact) mass is 400 g/mol. The van der Waals surface area contributed by atoms with Gasteiger partial charge in [0, 0.05) is 22.5 Å². The molecule has 1 heterocycles. The van der Waals surface area contributed by atoms with Crippen LogP contribution in [0.25, 0.3) is 0 Å². The molecule has 1 aliphatic heterocycles. The van der Waals surface area contributed by atoms with E-state index in [0.29, 0.717) is 22.7 Å². The molecule has 2 amide bonds. The van der Waals surface area contributed by atoms with Gasteiger partial charge in [-0.05, 0) is 37.6 Å². The number of hydrogen-bond donors (Lipinski definition) is 2. The molecule has 0 saturated heterocycles. The first-order valence-electron chi connectivity index (χ1n) is 8.94. The lowest BCUT2D eigenvalue weighted by molar-refractivity contribution is -0.120. The number of para-hydroxylation sites is 1. The zero-order valence-electron chi connectivity index (χ0n) is 15.0. The van der Waals surface area contributed by atoms with Gasteiger partial charge in [0.15, 0.2) is 0 Å². The number of carbonyl (C=O) groups excluding carboxylic acids is 2. The van der Waals surface area contributed by atoms with Crippen LogP contribution in [0.4, 0.5) is 10.1 Å². The molecule has 1 fully saturated rings. The van der Waals surface area contributed by atoms with Crippen LogP contribution in [0.3, 0.4) is 0 Å². The summed E-state index contributed by atoms with van der Waals surface area (Å²) in [4.78, 5) is 29.2. The predicted octanol–water partition coefficient (Wildman–Crippen LogP) is 2.79. The van der Waals surface area contributed by atoms with E-state index in [1.165, 1.54) is 11.1 Å². The first-order valence-corrected chi connectivity index (χ1v) is 9.31. The van der Waals surface area contributed by atoms with Crippen LogP contribution < -0.4 is 15.8 Å². The molecule has 144 valence electrons. The molecule has 1 aliphatic carbocycles. The third-order valence-corrected chi connectivity index (χ3v) is 5.15. The Hall–Kier alpha value is -2.93. The van der Waals surface area contributed by atoms with Gasteiger partial charge in [0.2, 0.25) is 5.84 Å². The van der Waals surface area contributed by atoms with E-state index in [-0.39, 0.29) is 29.5 Å². The second-order valence-corrected chi connectivity index (χ2v) is 7.24. The van der Waals surface area contributed by atoms with Crippen molar-refractivity contribution in [3.8, 4) is 0 Å². The summed E-state index contributed by atoms with van der Waals surface area (Å²) in [5, 5.41) is 4.50. The highest BCUT2D eigenvalue weighted by Crippen LogP contribution is 2.44. The largest absolute Gasteiger partial charge is 0.346 e. The Morgan fingerprint density at radius 3 is 2.71 bits per heavy atom. The van der Waals surface area contributed by atoms with Crippen molar-refractivity contribution in [2.75, 3.05) is 5.01 Å². The van der Waals surface area contributed by atoms with Gasteiger partial charge in [0.25, 0.3) is 11.8 Å². The number of anilines is 1. The normalized spacial score (nSPS) is 23.7. The Kier molecular flexibility index (Phi) is 4.77. The summed E-state index contributed by atoms with van der Waals surface area (Å²) in [6, 6.07) is 12.6. The van der Waals surface area contributed by atoms with Crippen LogP contribution in [0.1, 0.15) is 24.8 Å². The molecule has 4 rings (SSSR count). The van der Waals surface area contributed by atoms with Crippen molar-refractivity contribution < 1.29 is 14.0 Å². The number of hydrogen-bond acceptors (Lipinski definition) is 4. The highest BCUT2D eigenvalue weighted by molar-refractivity contribution is 6.39. The molecule has 3 atom stereocenters. The van der Waals surface area contributed by atoms with Crippen molar-refractivity contribution in [1.82, 2.24) is 10.7 Å². The fraction of sp³-hybridized carbons (Fsp3) is 0.250. The van der Waals surface area contributed by atoms with Crippen molar-refractivity contribution in [1.29, 1.82) is 0 Å². The number of amidine groups is 1. The second-order valence-electron chi connectivity index (χ2n) is 6.83. The molecule has 0 spiro atoms. The summed E-state index contributed by atoms with van der Waals surface area (Å²) in [6.45, 7) is 1.63.